The second-order valence-corrected chi connectivity index (χ2v) is 5.66. The summed E-state index contributed by atoms with van der Waals surface area (Å²) in [6, 6.07) is 4.61. The topological polar surface area (TPSA) is 86.7 Å². The molecule has 1 aromatic carbocycles. The van der Waals surface area contributed by atoms with Gasteiger partial charge in [-0.3, -0.25) is 4.72 Å². The molecular weight excluding hydrogens is 268 g/mol. The first kappa shape index (κ1) is 15.5. The molecular formula is C12H18N2O4S. The predicted octanol–water partition coefficient (Wildman–Crippen LogP) is 1.69. The largest absolute Gasteiger partial charge is 0.478 e. The van der Waals surface area contributed by atoms with Crippen LogP contribution in [-0.2, 0) is 10.2 Å². The van der Waals surface area contributed by atoms with E-state index in [0.29, 0.717) is 18.7 Å². The Morgan fingerprint density at radius 2 is 1.89 bits per heavy atom. The molecule has 0 aliphatic carbocycles. The van der Waals surface area contributed by atoms with E-state index in [2.05, 4.69) is 4.72 Å². The van der Waals surface area contributed by atoms with Crippen LogP contribution in [0.5, 0.6) is 0 Å². The van der Waals surface area contributed by atoms with E-state index >= 15 is 0 Å². The molecule has 106 valence electrons. The average molecular weight is 286 g/mol. The molecule has 0 fully saturated rings. The van der Waals surface area contributed by atoms with E-state index < -0.39 is 16.2 Å². The van der Waals surface area contributed by atoms with Gasteiger partial charge in [-0.15, -0.1) is 0 Å². The highest BCUT2D eigenvalue weighted by Crippen LogP contribution is 2.22. The molecule has 1 rings (SSSR count). The highest BCUT2D eigenvalue weighted by Gasteiger charge is 2.22. The second kappa shape index (κ2) is 6.03. The molecule has 0 unspecified atom stereocenters. The highest BCUT2D eigenvalue weighted by molar-refractivity contribution is 7.90. The normalized spacial score (nSPS) is 11.6. The molecule has 0 saturated carbocycles. The molecule has 0 bridgehead atoms. The Morgan fingerprint density at radius 3 is 2.37 bits per heavy atom. The Bertz CT molecular complexity index is 565. The maximum Gasteiger partial charge on any atom is 0.337 e. The number of anilines is 1. The van der Waals surface area contributed by atoms with Crippen LogP contribution in [0, 0.1) is 6.92 Å². The van der Waals surface area contributed by atoms with E-state index in [1.165, 1.54) is 10.4 Å². The zero-order valence-electron chi connectivity index (χ0n) is 11.2. The third-order valence-corrected chi connectivity index (χ3v) is 4.44. The number of benzene rings is 1. The molecule has 0 heterocycles. The minimum absolute atomic E-state index is 0.0595. The Balaban J connectivity index is 3.23. The molecule has 1 aromatic rings. The fourth-order valence-corrected chi connectivity index (χ4v) is 3.08. The zero-order valence-corrected chi connectivity index (χ0v) is 12.0. The van der Waals surface area contributed by atoms with Crippen LogP contribution in [0.4, 0.5) is 5.69 Å². The van der Waals surface area contributed by atoms with Crippen LogP contribution in [0.3, 0.4) is 0 Å². The maximum atomic E-state index is 12.1. The number of para-hydroxylation sites is 1. The third-order valence-electron chi connectivity index (χ3n) is 2.78. The smallest absolute Gasteiger partial charge is 0.337 e. The van der Waals surface area contributed by atoms with Crippen molar-refractivity contribution in [3.05, 3.63) is 29.3 Å². The number of carboxylic acids is 1. The summed E-state index contributed by atoms with van der Waals surface area (Å²) in [6.07, 6.45) is 0. The number of carbonyl (C=O) groups is 1. The van der Waals surface area contributed by atoms with Crippen molar-refractivity contribution < 1.29 is 18.3 Å². The summed E-state index contributed by atoms with van der Waals surface area (Å²) < 4.78 is 27.8. The first-order chi connectivity index (χ1) is 8.83. The monoisotopic (exact) mass is 286 g/mol. The van der Waals surface area contributed by atoms with E-state index in [0.717, 1.165) is 0 Å². The summed E-state index contributed by atoms with van der Waals surface area (Å²) in [4.78, 5) is 11.1. The van der Waals surface area contributed by atoms with Gasteiger partial charge in [0.05, 0.1) is 11.3 Å². The van der Waals surface area contributed by atoms with Gasteiger partial charge in [0.2, 0.25) is 0 Å². The molecule has 0 spiro atoms. The van der Waals surface area contributed by atoms with Crippen LogP contribution in [0.2, 0.25) is 0 Å². The van der Waals surface area contributed by atoms with Gasteiger partial charge in [-0.2, -0.15) is 12.7 Å². The lowest BCUT2D eigenvalue weighted by Crippen LogP contribution is -2.36. The number of hydrogen-bond acceptors (Lipinski definition) is 3. The molecule has 0 aromatic heterocycles. The Morgan fingerprint density at radius 1 is 1.32 bits per heavy atom. The Hall–Kier alpha value is -1.60. The van der Waals surface area contributed by atoms with Gasteiger partial charge >= 0.3 is 16.2 Å². The summed E-state index contributed by atoms with van der Waals surface area (Å²) in [5, 5.41) is 9.09. The van der Waals surface area contributed by atoms with Gasteiger partial charge in [-0.25, -0.2) is 4.79 Å². The molecule has 0 amide bonds. The van der Waals surface area contributed by atoms with E-state index in [1.807, 2.05) is 0 Å². The minimum atomic E-state index is -3.73. The SMILES string of the molecule is CCN(CC)S(=O)(=O)Nc1c(C)cccc1C(=O)O. The van der Waals surface area contributed by atoms with E-state index in [9.17, 15) is 13.2 Å². The average Bonchev–Trinajstić information content (AvgIpc) is 2.32. The van der Waals surface area contributed by atoms with Gasteiger partial charge in [-0.1, -0.05) is 26.0 Å². The minimum Gasteiger partial charge on any atom is -0.478 e. The maximum absolute atomic E-state index is 12.1. The van der Waals surface area contributed by atoms with E-state index in [4.69, 9.17) is 5.11 Å². The standard InChI is InChI=1S/C12H18N2O4S/c1-4-14(5-2)19(17,18)13-11-9(3)7-6-8-10(11)12(15)16/h6-8,13H,4-5H2,1-3H3,(H,15,16). The lowest BCUT2D eigenvalue weighted by atomic mass is 10.1. The Labute approximate surface area is 113 Å². The molecule has 19 heavy (non-hydrogen) atoms. The molecule has 0 radical (unpaired) electrons. The number of nitrogens with zero attached hydrogens (tertiary/aromatic N) is 1. The van der Waals surface area contributed by atoms with Crippen molar-refractivity contribution in [2.45, 2.75) is 20.8 Å². The van der Waals surface area contributed by atoms with Crippen molar-refractivity contribution in [1.82, 2.24) is 4.31 Å². The number of carboxylic acid groups (broad SMARTS) is 1. The molecule has 2 N–H and O–H groups in total. The van der Waals surface area contributed by atoms with E-state index in [-0.39, 0.29) is 11.3 Å². The molecule has 0 aliphatic rings. The summed E-state index contributed by atoms with van der Waals surface area (Å²) in [7, 11) is -3.73. The number of hydrogen-bond donors (Lipinski definition) is 2. The van der Waals surface area contributed by atoms with Crippen molar-refractivity contribution in [3.8, 4) is 0 Å². The molecule has 0 atom stereocenters. The van der Waals surface area contributed by atoms with Crippen molar-refractivity contribution in [1.29, 1.82) is 0 Å². The van der Waals surface area contributed by atoms with Gasteiger partial charge in [0.1, 0.15) is 0 Å². The third kappa shape index (κ3) is 3.45. The van der Waals surface area contributed by atoms with Crippen LogP contribution >= 0.6 is 0 Å². The number of rotatable bonds is 6. The van der Waals surface area contributed by atoms with Crippen molar-refractivity contribution >= 4 is 21.9 Å². The van der Waals surface area contributed by atoms with Gasteiger partial charge in [0.25, 0.3) is 0 Å². The zero-order chi connectivity index (χ0) is 14.6. The summed E-state index contributed by atoms with van der Waals surface area (Å²) >= 11 is 0. The summed E-state index contributed by atoms with van der Waals surface area (Å²) in [5.74, 6) is -1.17. The van der Waals surface area contributed by atoms with Crippen LogP contribution < -0.4 is 4.72 Å². The van der Waals surface area contributed by atoms with Gasteiger partial charge in [-0.05, 0) is 18.6 Å². The quantitative estimate of drug-likeness (QED) is 0.833. The summed E-state index contributed by atoms with van der Waals surface area (Å²) in [5.41, 5.74) is 0.619. The summed E-state index contributed by atoms with van der Waals surface area (Å²) in [6.45, 7) is 5.74. The van der Waals surface area contributed by atoms with Gasteiger partial charge < -0.3 is 5.11 Å². The lowest BCUT2D eigenvalue weighted by molar-refractivity contribution is 0.0698. The van der Waals surface area contributed by atoms with Crippen molar-refractivity contribution in [2.24, 2.45) is 0 Å². The molecule has 6 nitrogen and oxygen atoms in total. The van der Waals surface area contributed by atoms with Crippen LogP contribution in [0.15, 0.2) is 18.2 Å². The van der Waals surface area contributed by atoms with E-state index in [1.54, 1.807) is 32.9 Å². The molecule has 0 aliphatic heterocycles. The molecule has 0 saturated heterocycles. The highest BCUT2D eigenvalue weighted by atomic mass is 32.2. The lowest BCUT2D eigenvalue weighted by Gasteiger charge is -2.21. The fraction of sp³-hybridized carbons (Fsp3) is 0.417. The first-order valence-corrected chi connectivity index (χ1v) is 7.38. The van der Waals surface area contributed by atoms with Crippen LogP contribution in [-0.4, -0.2) is 36.9 Å². The predicted molar refractivity (Wildman–Crippen MR) is 73.6 cm³/mol. The number of aromatic carboxylic acids is 1. The number of nitrogens with one attached hydrogen (secondary N) is 1. The van der Waals surface area contributed by atoms with Crippen LogP contribution in [0.25, 0.3) is 0 Å². The van der Waals surface area contributed by atoms with Gasteiger partial charge in [0, 0.05) is 13.1 Å². The van der Waals surface area contributed by atoms with Crippen LogP contribution in [0.1, 0.15) is 29.8 Å². The second-order valence-electron chi connectivity index (χ2n) is 3.99. The van der Waals surface area contributed by atoms with Gasteiger partial charge in [0.15, 0.2) is 0 Å². The fourth-order valence-electron chi connectivity index (χ4n) is 1.74. The van der Waals surface area contributed by atoms with Crippen molar-refractivity contribution in [3.63, 3.8) is 0 Å². The number of aryl methyl sites for hydroxylation is 1. The Kier molecular flexibility index (Phi) is 4.90. The van der Waals surface area contributed by atoms with Crippen molar-refractivity contribution in [2.75, 3.05) is 17.8 Å². The first-order valence-electron chi connectivity index (χ1n) is 5.94. The molecule has 7 heteroatoms.